The highest BCUT2D eigenvalue weighted by Gasteiger charge is 2.42. The SMILES string of the molecule is NCC1(C(=O)N2CCN(c3ncccn3)CC2)CCCC1. The van der Waals surface area contributed by atoms with Gasteiger partial charge in [-0.05, 0) is 18.9 Å². The van der Waals surface area contributed by atoms with Crippen molar-refractivity contribution in [2.24, 2.45) is 11.1 Å². The summed E-state index contributed by atoms with van der Waals surface area (Å²) in [4.78, 5) is 25.5. The number of nitrogens with two attached hydrogens (primary N) is 1. The Labute approximate surface area is 125 Å². The molecule has 3 rings (SSSR count). The van der Waals surface area contributed by atoms with Crippen molar-refractivity contribution in [2.75, 3.05) is 37.6 Å². The van der Waals surface area contributed by atoms with Gasteiger partial charge in [-0.25, -0.2) is 9.97 Å². The highest BCUT2D eigenvalue weighted by atomic mass is 16.2. The summed E-state index contributed by atoms with van der Waals surface area (Å²) >= 11 is 0. The number of carbonyl (C=O) groups excluding carboxylic acids is 1. The maximum Gasteiger partial charge on any atom is 0.230 e. The third-order valence-corrected chi connectivity index (χ3v) is 4.81. The van der Waals surface area contributed by atoms with Crippen LogP contribution in [-0.4, -0.2) is 53.5 Å². The van der Waals surface area contributed by atoms with Crippen molar-refractivity contribution in [3.63, 3.8) is 0 Å². The first-order chi connectivity index (χ1) is 10.2. The third kappa shape index (κ3) is 2.72. The number of carbonyl (C=O) groups is 1. The van der Waals surface area contributed by atoms with Crippen LogP contribution in [-0.2, 0) is 4.79 Å². The molecule has 0 aromatic carbocycles. The number of nitrogens with zero attached hydrogens (tertiary/aromatic N) is 4. The van der Waals surface area contributed by atoms with Crippen LogP contribution in [0.15, 0.2) is 18.5 Å². The normalized spacial score (nSPS) is 21.6. The highest BCUT2D eigenvalue weighted by Crippen LogP contribution is 2.39. The van der Waals surface area contributed by atoms with Gasteiger partial charge in [-0.3, -0.25) is 4.79 Å². The number of hydrogen-bond acceptors (Lipinski definition) is 5. The van der Waals surface area contributed by atoms with E-state index in [0.29, 0.717) is 6.54 Å². The van der Waals surface area contributed by atoms with Gasteiger partial charge in [0.2, 0.25) is 11.9 Å². The Morgan fingerprint density at radius 2 is 1.76 bits per heavy atom. The largest absolute Gasteiger partial charge is 0.339 e. The molecule has 2 fully saturated rings. The van der Waals surface area contributed by atoms with Crippen molar-refractivity contribution in [3.8, 4) is 0 Å². The summed E-state index contributed by atoms with van der Waals surface area (Å²) in [6.45, 7) is 3.53. The number of hydrogen-bond donors (Lipinski definition) is 1. The molecule has 1 aromatic rings. The number of aromatic nitrogens is 2. The molecular formula is C15H23N5O. The third-order valence-electron chi connectivity index (χ3n) is 4.81. The van der Waals surface area contributed by atoms with Crippen LogP contribution in [0, 0.1) is 5.41 Å². The van der Waals surface area contributed by atoms with Crippen molar-refractivity contribution >= 4 is 11.9 Å². The van der Waals surface area contributed by atoms with Crippen molar-refractivity contribution in [2.45, 2.75) is 25.7 Å². The smallest absolute Gasteiger partial charge is 0.230 e. The predicted molar refractivity (Wildman–Crippen MR) is 80.8 cm³/mol. The van der Waals surface area contributed by atoms with E-state index in [4.69, 9.17) is 5.73 Å². The first-order valence-corrected chi connectivity index (χ1v) is 7.77. The number of amides is 1. The number of anilines is 1. The Kier molecular flexibility index (Phi) is 4.05. The molecule has 6 heteroatoms. The summed E-state index contributed by atoms with van der Waals surface area (Å²) in [6, 6.07) is 1.81. The minimum atomic E-state index is -0.286. The second kappa shape index (κ2) is 5.97. The van der Waals surface area contributed by atoms with Crippen LogP contribution in [0.25, 0.3) is 0 Å². The Hall–Kier alpha value is -1.69. The fourth-order valence-corrected chi connectivity index (χ4v) is 3.46. The molecule has 1 amide bonds. The molecule has 2 aliphatic rings. The van der Waals surface area contributed by atoms with E-state index in [1.807, 2.05) is 11.0 Å². The zero-order valence-electron chi connectivity index (χ0n) is 12.4. The van der Waals surface area contributed by atoms with Gasteiger partial charge >= 0.3 is 0 Å². The predicted octanol–water partition coefficient (Wildman–Crippen LogP) is 0.644. The monoisotopic (exact) mass is 289 g/mol. The second-order valence-electron chi connectivity index (χ2n) is 6.02. The van der Waals surface area contributed by atoms with Gasteiger partial charge in [-0.1, -0.05) is 12.8 Å². The lowest BCUT2D eigenvalue weighted by molar-refractivity contribution is -0.141. The van der Waals surface area contributed by atoms with Gasteiger partial charge < -0.3 is 15.5 Å². The van der Waals surface area contributed by atoms with Gasteiger partial charge in [0.25, 0.3) is 0 Å². The van der Waals surface area contributed by atoms with Crippen LogP contribution in [0.1, 0.15) is 25.7 Å². The quantitative estimate of drug-likeness (QED) is 0.884. The van der Waals surface area contributed by atoms with Crippen molar-refractivity contribution in [3.05, 3.63) is 18.5 Å². The van der Waals surface area contributed by atoms with Crippen molar-refractivity contribution in [1.82, 2.24) is 14.9 Å². The lowest BCUT2D eigenvalue weighted by Crippen LogP contribution is -2.54. The zero-order valence-corrected chi connectivity index (χ0v) is 12.4. The zero-order chi connectivity index (χ0) is 14.7. The average molecular weight is 289 g/mol. The average Bonchev–Trinajstić information content (AvgIpc) is 3.05. The minimum absolute atomic E-state index is 0.260. The Balaban J connectivity index is 1.62. The van der Waals surface area contributed by atoms with Crippen molar-refractivity contribution in [1.29, 1.82) is 0 Å². The molecule has 0 atom stereocenters. The fourth-order valence-electron chi connectivity index (χ4n) is 3.46. The van der Waals surface area contributed by atoms with Crippen LogP contribution < -0.4 is 10.6 Å². The summed E-state index contributed by atoms with van der Waals surface area (Å²) in [6.07, 6.45) is 7.65. The molecule has 1 aliphatic heterocycles. The van der Waals surface area contributed by atoms with E-state index in [-0.39, 0.29) is 11.3 Å². The molecule has 0 bridgehead atoms. The fraction of sp³-hybridized carbons (Fsp3) is 0.667. The molecule has 1 aliphatic carbocycles. The molecule has 1 saturated carbocycles. The van der Waals surface area contributed by atoms with Gasteiger partial charge in [-0.15, -0.1) is 0 Å². The van der Waals surface area contributed by atoms with Gasteiger partial charge in [-0.2, -0.15) is 0 Å². The molecule has 21 heavy (non-hydrogen) atoms. The maximum absolute atomic E-state index is 12.8. The summed E-state index contributed by atoms with van der Waals surface area (Å²) < 4.78 is 0. The second-order valence-corrected chi connectivity index (χ2v) is 6.02. The summed E-state index contributed by atoms with van der Waals surface area (Å²) in [5, 5.41) is 0. The van der Waals surface area contributed by atoms with Crippen LogP contribution in [0.4, 0.5) is 5.95 Å². The Morgan fingerprint density at radius 1 is 1.14 bits per heavy atom. The van der Waals surface area contributed by atoms with Gasteiger partial charge in [0.1, 0.15) is 0 Å². The Morgan fingerprint density at radius 3 is 2.33 bits per heavy atom. The van der Waals surface area contributed by atoms with E-state index in [1.54, 1.807) is 12.4 Å². The first-order valence-electron chi connectivity index (χ1n) is 7.77. The van der Waals surface area contributed by atoms with E-state index in [1.165, 1.54) is 0 Å². The maximum atomic E-state index is 12.8. The van der Waals surface area contributed by atoms with E-state index in [0.717, 1.165) is 57.8 Å². The molecule has 0 unspecified atom stereocenters. The molecule has 6 nitrogen and oxygen atoms in total. The van der Waals surface area contributed by atoms with Gasteiger partial charge in [0.05, 0.1) is 5.41 Å². The van der Waals surface area contributed by atoms with Crippen LogP contribution in [0.5, 0.6) is 0 Å². The van der Waals surface area contributed by atoms with Crippen LogP contribution in [0.3, 0.4) is 0 Å². The molecule has 1 saturated heterocycles. The minimum Gasteiger partial charge on any atom is -0.339 e. The summed E-state index contributed by atoms with van der Waals surface area (Å²) in [5.74, 6) is 1.01. The lowest BCUT2D eigenvalue weighted by Gasteiger charge is -2.39. The molecule has 114 valence electrons. The van der Waals surface area contributed by atoms with Gasteiger partial charge in [0.15, 0.2) is 0 Å². The lowest BCUT2D eigenvalue weighted by atomic mass is 9.84. The highest BCUT2D eigenvalue weighted by molar-refractivity contribution is 5.83. The van der Waals surface area contributed by atoms with Crippen LogP contribution in [0.2, 0.25) is 0 Å². The summed E-state index contributed by atoms with van der Waals surface area (Å²) in [5.41, 5.74) is 5.63. The van der Waals surface area contributed by atoms with E-state index in [9.17, 15) is 4.79 Å². The van der Waals surface area contributed by atoms with E-state index >= 15 is 0 Å². The molecule has 1 aromatic heterocycles. The standard InChI is InChI=1S/C15H23N5O/c16-12-15(4-1-2-5-15)13(21)19-8-10-20(11-9-19)14-17-6-3-7-18-14/h3,6-7H,1-2,4-5,8-12,16H2. The van der Waals surface area contributed by atoms with Crippen molar-refractivity contribution < 1.29 is 4.79 Å². The van der Waals surface area contributed by atoms with Crippen LogP contribution >= 0.6 is 0 Å². The topological polar surface area (TPSA) is 75.4 Å². The number of rotatable bonds is 3. The molecule has 0 spiro atoms. The Bertz CT molecular complexity index is 478. The van der Waals surface area contributed by atoms with E-state index < -0.39 is 0 Å². The number of piperazine rings is 1. The first kappa shape index (κ1) is 14.3. The molecule has 2 N–H and O–H groups in total. The summed E-state index contributed by atoms with van der Waals surface area (Å²) in [7, 11) is 0. The van der Waals surface area contributed by atoms with Gasteiger partial charge in [0, 0.05) is 45.1 Å². The molecule has 2 heterocycles. The van der Waals surface area contributed by atoms with E-state index in [2.05, 4.69) is 14.9 Å². The molecular weight excluding hydrogens is 266 g/mol. The molecule has 0 radical (unpaired) electrons.